The van der Waals surface area contributed by atoms with Crippen LogP contribution in [0.4, 0.5) is 0 Å². The highest BCUT2D eigenvalue weighted by molar-refractivity contribution is 6.08. The fourth-order valence-corrected chi connectivity index (χ4v) is 2.42. The molecule has 3 rings (SSSR count). The summed E-state index contributed by atoms with van der Waals surface area (Å²) in [5.74, 6) is 0.251. The number of hydrogen-bond donors (Lipinski definition) is 1. The average molecular weight is 262 g/mol. The Morgan fingerprint density at radius 2 is 1.65 bits per heavy atom. The summed E-state index contributed by atoms with van der Waals surface area (Å²) in [6.45, 7) is 0. The zero-order valence-corrected chi connectivity index (χ0v) is 10.9. The summed E-state index contributed by atoms with van der Waals surface area (Å²) < 4.78 is 0. The highest BCUT2D eigenvalue weighted by Crippen LogP contribution is 2.21. The predicted molar refractivity (Wildman–Crippen MR) is 80.1 cm³/mol. The lowest BCUT2D eigenvalue weighted by Gasteiger charge is -2.06. The lowest BCUT2D eigenvalue weighted by molar-refractivity contribution is 0.0994. The van der Waals surface area contributed by atoms with E-state index in [0.717, 1.165) is 21.9 Å². The number of hydrogen-bond acceptors (Lipinski definition) is 2. The Balaban J connectivity index is 1.97. The number of benzene rings is 3. The number of phenolic OH excluding ortho intramolecular Hbond substituents is 1. The summed E-state index contributed by atoms with van der Waals surface area (Å²) in [5, 5.41) is 11.5. The fraction of sp³-hybridized carbons (Fsp3) is 0.0556. The molecule has 1 N–H and O–H groups in total. The molecule has 0 amide bonds. The number of ketones is 1. The van der Waals surface area contributed by atoms with Crippen LogP contribution in [-0.4, -0.2) is 10.9 Å². The number of phenols is 1. The van der Waals surface area contributed by atoms with E-state index < -0.39 is 0 Å². The lowest BCUT2D eigenvalue weighted by atomic mass is 9.97. The van der Waals surface area contributed by atoms with Gasteiger partial charge >= 0.3 is 0 Å². The molecule has 0 aromatic heterocycles. The van der Waals surface area contributed by atoms with Crippen molar-refractivity contribution in [2.24, 2.45) is 0 Å². The zero-order chi connectivity index (χ0) is 13.9. The average Bonchev–Trinajstić information content (AvgIpc) is 2.46. The van der Waals surface area contributed by atoms with Crippen molar-refractivity contribution in [2.75, 3.05) is 0 Å². The van der Waals surface area contributed by atoms with Gasteiger partial charge in [0, 0.05) is 12.0 Å². The van der Waals surface area contributed by atoms with Gasteiger partial charge < -0.3 is 5.11 Å². The SMILES string of the molecule is O=C(Cc1cccc(O)c1)c1cccc2ccccc12. The van der Waals surface area contributed by atoms with Crippen molar-refractivity contribution in [1.82, 2.24) is 0 Å². The smallest absolute Gasteiger partial charge is 0.167 e. The molecule has 0 atom stereocenters. The van der Waals surface area contributed by atoms with E-state index in [1.807, 2.05) is 48.5 Å². The summed E-state index contributed by atoms with van der Waals surface area (Å²) in [4.78, 5) is 12.5. The van der Waals surface area contributed by atoms with Crippen LogP contribution < -0.4 is 0 Å². The molecular formula is C18H14O2. The van der Waals surface area contributed by atoms with Gasteiger partial charge in [-0.2, -0.15) is 0 Å². The normalized spacial score (nSPS) is 10.6. The quantitative estimate of drug-likeness (QED) is 0.725. The second-order valence-electron chi connectivity index (χ2n) is 4.80. The maximum absolute atomic E-state index is 12.5. The van der Waals surface area contributed by atoms with Crippen LogP contribution in [0.2, 0.25) is 0 Å². The molecule has 2 heteroatoms. The maximum Gasteiger partial charge on any atom is 0.167 e. The lowest BCUT2D eigenvalue weighted by Crippen LogP contribution is -2.04. The first-order valence-electron chi connectivity index (χ1n) is 6.53. The topological polar surface area (TPSA) is 37.3 Å². The molecular weight excluding hydrogens is 248 g/mol. The van der Waals surface area contributed by atoms with Crippen molar-refractivity contribution in [2.45, 2.75) is 6.42 Å². The first kappa shape index (κ1) is 12.4. The summed E-state index contributed by atoms with van der Waals surface area (Å²) in [6.07, 6.45) is 0.294. The zero-order valence-electron chi connectivity index (χ0n) is 10.9. The molecule has 0 fully saturated rings. The van der Waals surface area contributed by atoms with E-state index in [-0.39, 0.29) is 11.5 Å². The van der Waals surface area contributed by atoms with E-state index in [4.69, 9.17) is 0 Å². The number of carbonyl (C=O) groups is 1. The summed E-state index contributed by atoms with van der Waals surface area (Å²) in [5.41, 5.74) is 1.55. The van der Waals surface area contributed by atoms with Gasteiger partial charge in [-0.25, -0.2) is 0 Å². The van der Waals surface area contributed by atoms with Gasteiger partial charge in [0.1, 0.15) is 5.75 Å². The Labute approximate surface area is 117 Å². The third kappa shape index (κ3) is 2.41. The van der Waals surface area contributed by atoms with Gasteiger partial charge in [-0.05, 0) is 28.5 Å². The van der Waals surface area contributed by atoms with E-state index >= 15 is 0 Å². The molecule has 0 saturated heterocycles. The number of rotatable bonds is 3. The van der Waals surface area contributed by atoms with Crippen LogP contribution in [0.5, 0.6) is 5.75 Å². The van der Waals surface area contributed by atoms with Gasteiger partial charge in [0.05, 0.1) is 0 Å². The largest absolute Gasteiger partial charge is 0.508 e. The number of aromatic hydroxyl groups is 1. The van der Waals surface area contributed by atoms with E-state index in [1.165, 1.54) is 0 Å². The van der Waals surface area contributed by atoms with Crippen LogP contribution in [0.1, 0.15) is 15.9 Å². The highest BCUT2D eigenvalue weighted by Gasteiger charge is 2.10. The standard InChI is InChI=1S/C18H14O2/c19-15-8-3-5-13(11-15)12-18(20)17-10-4-7-14-6-1-2-9-16(14)17/h1-11,19H,12H2. The number of fused-ring (bicyclic) bond motifs is 1. The van der Waals surface area contributed by atoms with E-state index in [9.17, 15) is 9.90 Å². The molecule has 0 unspecified atom stereocenters. The van der Waals surface area contributed by atoms with Crippen LogP contribution in [-0.2, 0) is 6.42 Å². The van der Waals surface area contributed by atoms with Gasteiger partial charge in [-0.15, -0.1) is 0 Å². The third-order valence-corrected chi connectivity index (χ3v) is 3.37. The van der Waals surface area contributed by atoms with Crippen molar-refractivity contribution < 1.29 is 9.90 Å². The van der Waals surface area contributed by atoms with Crippen molar-refractivity contribution in [3.63, 3.8) is 0 Å². The van der Waals surface area contributed by atoms with Crippen LogP contribution in [0.15, 0.2) is 66.7 Å². The molecule has 98 valence electrons. The molecule has 0 saturated carbocycles. The molecule has 2 nitrogen and oxygen atoms in total. The number of Topliss-reactive ketones (excluding diaryl/α,β-unsaturated/α-hetero) is 1. The molecule has 3 aromatic rings. The molecule has 0 heterocycles. The van der Waals surface area contributed by atoms with Crippen molar-refractivity contribution in [3.05, 3.63) is 77.9 Å². The third-order valence-electron chi connectivity index (χ3n) is 3.37. The molecule has 0 aliphatic heterocycles. The van der Waals surface area contributed by atoms with Gasteiger partial charge in [-0.1, -0.05) is 54.6 Å². The molecule has 0 spiro atoms. The van der Waals surface area contributed by atoms with Crippen molar-refractivity contribution >= 4 is 16.6 Å². The van der Waals surface area contributed by atoms with Crippen LogP contribution in [0, 0.1) is 0 Å². The van der Waals surface area contributed by atoms with Crippen molar-refractivity contribution in [1.29, 1.82) is 0 Å². The molecule has 0 bridgehead atoms. The van der Waals surface area contributed by atoms with Crippen LogP contribution >= 0.6 is 0 Å². The summed E-state index contributed by atoms with van der Waals surface area (Å²) >= 11 is 0. The molecule has 0 radical (unpaired) electrons. The Kier molecular flexibility index (Phi) is 3.21. The van der Waals surface area contributed by atoms with Crippen LogP contribution in [0.3, 0.4) is 0 Å². The minimum absolute atomic E-state index is 0.0624. The van der Waals surface area contributed by atoms with Gasteiger partial charge in [-0.3, -0.25) is 4.79 Å². The maximum atomic E-state index is 12.5. The molecule has 20 heavy (non-hydrogen) atoms. The monoisotopic (exact) mass is 262 g/mol. The molecule has 0 aliphatic rings. The second kappa shape index (κ2) is 5.17. The summed E-state index contributed by atoms with van der Waals surface area (Å²) in [7, 11) is 0. The van der Waals surface area contributed by atoms with E-state index in [0.29, 0.717) is 6.42 Å². The first-order chi connectivity index (χ1) is 9.74. The Morgan fingerprint density at radius 1 is 0.900 bits per heavy atom. The van der Waals surface area contributed by atoms with Gasteiger partial charge in [0.2, 0.25) is 0 Å². The predicted octanol–water partition coefficient (Wildman–Crippen LogP) is 3.97. The minimum atomic E-state index is 0.0624. The van der Waals surface area contributed by atoms with E-state index in [2.05, 4.69) is 0 Å². The Morgan fingerprint density at radius 3 is 2.50 bits per heavy atom. The number of carbonyl (C=O) groups excluding carboxylic acids is 1. The van der Waals surface area contributed by atoms with Crippen LogP contribution in [0.25, 0.3) is 10.8 Å². The van der Waals surface area contributed by atoms with Gasteiger partial charge in [0.15, 0.2) is 5.78 Å². The van der Waals surface area contributed by atoms with Gasteiger partial charge in [0.25, 0.3) is 0 Å². The second-order valence-corrected chi connectivity index (χ2v) is 4.80. The molecule has 3 aromatic carbocycles. The van der Waals surface area contributed by atoms with Crippen molar-refractivity contribution in [3.8, 4) is 5.75 Å². The highest BCUT2D eigenvalue weighted by atomic mass is 16.3. The first-order valence-corrected chi connectivity index (χ1v) is 6.53. The molecule has 0 aliphatic carbocycles. The minimum Gasteiger partial charge on any atom is -0.508 e. The Bertz CT molecular complexity index is 770. The fourth-order valence-electron chi connectivity index (χ4n) is 2.42. The summed E-state index contributed by atoms with van der Waals surface area (Å²) in [6, 6.07) is 20.5. The van der Waals surface area contributed by atoms with E-state index in [1.54, 1.807) is 18.2 Å². The Hall–Kier alpha value is -2.61.